The van der Waals surface area contributed by atoms with Gasteiger partial charge in [0, 0.05) is 11.0 Å². The quantitative estimate of drug-likeness (QED) is 0.711. The van der Waals surface area contributed by atoms with Crippen molar-refractivity contribution in [3.63, 3.8) is 0 Å². The molecule has 0 spiro atoms. The van der Waals surface area contributed by atoms with Gasteiger partial charge in [-0.25, -0.2) is 0 Å². The van der Waals surface area contributed by atoms with Crippen LogP contribution >= 0.6 is 7.37 Å². The molecule has 0 aliphatic rings. The van der Waals surface area contributed by atoms with E-state index in [9.17, 15) is 4.57 Å². The summed E-state index contributed by atoms with van der Waals surface area (Å²) in [6.45, 7) is 8.10. The molecule has 3 atom stereocenters. The standard InChI is InChI=1S/C14H23O2P/c1-5-12(3)16-17(15,13(4)6-2)14-10-8-7-9-11-14/h7-13H,5-6H2,1-4H3. The van der Waals surface area contributed by atoms with E-state index in [-0.39, 0.29) is 11.8 Å². The molecular formula is C14H23O2P. The highest BCUT2D eigenvalue weighted by molar-refractivity contribution is 7.67. The predicted molar refractivity (Wildman–Crippen MR) is 74.3 cm³/mol. The Balaban J connectivity index is 3.07. The molecule has 0 fully saturated rings. The summed E-state index contributed by atoms with van der Waals surface area (Å²) in [5.74, 6) is 0. The topological polar surface area (TPSA) is 26.3 Å². The highest BCUT2D eigenvalue weighted by atomic mass is 31.2. The summed E-state index contributed by atoms with van der Waals surface area (Å²) in [7, 11) is -2.74. The summed E-state index contributed by atoms with van der Waals surface area (Å²) in [5, 5.41) is 0.842. The summed E-state index contributed by atoms with van der Waals surface area (Å²) in [4.78, 5) is 0. The van der Waals surface area contributed by atoms with E-state index >= 15 is 0 Å². The third-order valence-corrected chi connectivity index (χ3v) is 6.42. The van der Waals surface area contributed by atoms with Gasteiger partial charge in [-0.15, -0.1) is 0 Å². The van der Waals surface area contributed by atoms with E-state index in [2.05, 4.69) is 13.8 Å². The van der Waals surface area contributed by atoms with Crippen LogP contribution in [0.4, 0.5) is 0 Å². The Morgan fingerprint density at radius 3 is 2.18 bits per heavy atom. The molecule has 0 aliphatic heterocycles. The SMILES string of the molecule is CCC(C)OP(=O)(c1ccccc1)C(C)CC. The maximum absolute atomic E-state index is 13.1. The smallest absolute Gasteiger partial charge is 0.235 e. The monoisotopic (exact) mass is 254 g/mol. The van der Waals surface area contributed by atoms with Crippen LogP contribution in [0.3, 0.4) is 0 Å². The van der Waals surface area contributed by atoms with Crippen molar-refractivity contribution in [3.05, 3.63) is 30.3 Å². The molecule has 17 heavy (non-hydrogen) atoms. The van der Waals surface area contributed by atoms with Gasteiger partial charge in [-0.1, -0.05) is 39.0 Å². The summed E-state index contributed by atoms with van der Waals surface area (Å²) in [5.41, 5.74) is 0.0684. The van der Waals surface area contributed by atoms with Crippen molar-refractivity contribution in [2.24, 2.45) is 0 Å². The van der Waals surface area contributed by atoms with E-state index in [1.165, 1.54) is 0 Å². The lowest BCUT2D eigenvalue weighted by Gasteiger charge is -2.27. The van der Waals surface area contributed by atoms with Crippen LogP contribution in [0.15, 0.2) is 30.3 Å². The van der Waals surface area contributed by atoms with Gasteiger partial charge in [0.05, 0.1) is 6.10 Å². The summed E-state index contributed by atoms with van der Waals surface area (Å²) in [6, 6.07) is 9.60. The molecule has 0 N–H and O–H groups in total. The first-order valence-electron chi connectivity index (χ1n) is 6.38. The van der Waals surface area contributed by atoms with Crippen LogP contribution in [-0.4, -0.2) is 11.8 Å². The molecule has 1 aromatic carbocycles. The zero-order valence-corrected chi connectivity index (χ0v) is 12.1. The Labute approximate surface area is 105 Å². The van der Waals surface area contributed by atoms with E-state index in [0.717, 1.165) is 18.1 Å². The van der Waals surface area contributed by atoms with E-state index in [1.807, 2.05) is 44.2 Å². The molecule has 0 saturated carbocycles. The van der Waals surface area contributed by atoms with E-state index in [4.69, 9.17) is 4.52 Å². The first-order chi connectivity index (χ1) is 8.04. The molecule has 0 heterocycles. The van der Waals surface area contributed by atoms with Crippen molar-refractivity contribution in [1.29, 1.82) is 0 Å². The first-order valence-corrected chi connectivity index (χ1v) is 8.07. The van der Waals surface area contributed by atoms with Crippen LogP contribution in [0.25, 0.3) is 0 Å². The normalized spacial score (nSPS) is 18.4. The number of hydrogen-bond acceptors (Lipinski definition) is 2. The van der Waals surface area contributed by atoms with E-state index in [0.29, 0.717) is 0 Å². The van der Waals surface area contributed by atoms with Gasteiger partial charge >= 0.3 is 0 Å². The molecule has 0 amide bonds. The van der Waals surface area contributed by atoms with Gasteiger partial charge in [0.2, 0.25) is 7.37 Å². The molecule has 96 valence electrons. The predicted octanol–water partition coefficient (Wildman–Crippen LogP) is 4.20. The fourth-order valence-corrected chi connectivity index (χ4v) is 4.23. The third kappa shape index (κ3) is 3.43. The second-order valence-corrected chi connectivity index (χ2v) is 7.32. The lowest BCUT2D eigenvalue weighted by molar-refractivity contribution is 0.220. The zero-order chi connectivity index (χ0) is 12.9. The van der Waals surface area contributed by atoms with Crippen molar-refractivity contribution < 1.29 is 9.09 Å². The van der Waals surface area contributed by atoms with Crippen molar-refractivity contribution in [2.45, 2.75) is 52.3 Å². The lowest BCUT2D eigenvalue weighted by Crippen LogP contribution is -2.20. The molecule has 1 aromatic rings. The minimum Gasteiger partial charge on any atom is -0.322 e. The second kappa shape index (κ2) is 6.37. The average Bonchev–Trinajstić information content (AvgIpc) is 2.38. The molecule has 0 radical (unpaired) electrons. The Kier molecular flexibility index (Phi) is 5.42. The van der Waals surface area contributed by atoms with Gasteiger partial charge in [0.1, 0.15) is 0 Å². The molecule has 1 rings (SSSR count). The van der Waals surface area contributed by atoms with Crippen LogP contribution < -0.4 is 5.30 Å². The first kappa shape index (κ1) is 14.5. The van der Waals surface area contributed by atoms with Crippen LogP contribution in [0.5, 0.6) is 0 Å². The van der Waals surface area contributed by atoms with Crippen molar-refractivity contribution in [2.75, 3.05) is 0 Å². The maximum Gasteiger partial charge on any atom is 0.235 e. The zero-order valence-electron chi connectivity index (χ0n) is 11.2. The molecule has 3 heteroatoms. The maximum atomic E-state index is 13.1. The molecular weight excluding hydrogens is 231 g/mol. The van der Waals surface area contributed by atoms with Crippen LogP contribution in [0, 0.1) is 0 Å². The Hall–Kier alpha value is -0.590. The van der Waals surface area contributed by atoms with E-state index in [1.54, 1.807) is 0 Å². The van der Waals surface area contributed by atoms with Gasteiger partial charge in [-0.2, -0.15) is 0 Å². The van der Waals surface area contributed by atoms with Crippen LogP contribution in [0.2, 0.25) is 0 Å². The minimum absolute atomic E-state index is 0.0371. The summed E-state index contributed by atoms with van der Waals surface area (Å²) >= 11 is 0. The van der Waals surface area contributed by atoms with Crippen molar-refractivity contribution >= 4 is 12.7 Å². The second-order valence-electron chi connectivity index (χ2n) is 4.51. The Bertz CT molecular complexity index is 375. The van der Waals surface area contributed by atoms with Crippen LogP contribution in [-0.2, 0) is 9.09 Å². The largest absolute Gasteiger partial charge is 0.322 e. The van der Waals surface area contributed by atoms with Gasteiger partial charge < -0.3 is 4.52 Å². The molecule has 2 nitrogen and oxygen atoms in total. The van der Waals surface area contributed by atoms with Gasteiger partial charge in [0.25, 0.3) is 0 Å². The third-order valence-electron chi connectivity index (χ3n) is 3.20. The van der Waals surface area contributed by atoms with Crippen molar-refractivity contribution in [1.82, 2.24) is 0 Å². The minimum atomic E-state index is -2.74. The fraction of sp³-hybridized carbons (Fsp3) is 0.571. The lowest BCUT2D eigenvalue weighted by atomic mass is 10.3. The molecule has 0 bridgehead atoms. The summed E-state index contributed by atoms with van der Waals surface area (Å²) in [6.07, 6.45) is 1.78. The van der Waals surface area contributed by atoms with Crippen molar-refractivity contribution in [3.8, 4) is 0 Å². The highest BCUT2D eigenvalue weighted by Gasteiger charge is 2.33. The molecule has 0 aliphatic carbocycles. The average molecular weight is 254 g/mol. The molecule has 3 unspecified atom stereocenters. The number of hydrogen-bond donors (Lipinski definition) is 0. The molecule has 0 aromatic heterocycles. The Morgan fingerprint density at radius 1 is 1.12 bits per heavy atom. The highest BCUT2D eigenvalue weighted by Crippen LogP contribution is 2.53. The number of benzene rings is 1. The van der Waals surface area contributed by atoms with Gasteiger partial charge in [-0.3, -0.25) is 4.57 Å². The van der Waals surface area contributed by atoms with Gasteiger partial charge in [-0.05, 0) is 31.9 Å². The fourth-order valence-electron chi connectivity index (χ4n) is 1.64. The summed E-state index contributed by atoms with van der Waals surface area (Å²) < 4.78 is 19.0. The van der Waals surface area contributed by atoms with Gasteiger partial charge in [0.15, 0.2) is 0 Å². The van der Waals surface area contributed by atoms with Crippen LogP contribution in [0.1, 0.15) is 40.5 Å². The Morgan fingerprint density at radius 2 is 1.71 bits per heavy atom. The number of rotatable bonds is 6. The van der Waals surface area contributed by atoms with E-state index < -0.39 is 7.37 Å². The molecule has 0 saturated heterocycles.